The normalized spacial score (nSPS) is 15.3. The van der Waals surface area contributed by atoms with Gasteiger partial charge in [-0.15, -0.1) is 13.2 Å². The van der Waals surface area contributed by atoms with Gasteiger partial charge in [0.1, 0.15) is 5.75 Å². The smallest absolute Gasteiger partial charge is 0.406 e. The third-order valence-corrected chi connectivity index (χ3v) is 4.49. The van der Waals surface area contributed by atoms with Crippen molar-refractivity contribution >= 4 is 17.5 Å². The van der Waals surface area contributed by atoms with Crippen LogP contribution in [0.15, 0.2) is 36.4 Å². The van der Waals surface area contributed by atoms with Crippen molar-refractivity contribution in [2.75, 3.05) is 0 Å². The highest BCUT2D eigenvalue weighted by atomic mass is 35.5. The molecule has 1 unspecified atom stereocenters. The van der Waals surface area contributed by atoms with Gasteiger partial charge in [0.25, 0.3) is 5.91 Å². The molecule has 0 saturated carbocycles. The van der Waals surface area contributed by atoms with Crippen molar-refractivity contribution in [1.29, 1.82) is 0 Å². The van der Waals surface area contributed by atoms with Gasteiger partial charge in [-0.05, 0) is 48.7 Å². The molecule has 2 aromatic rings. The lowest BCUT2D eigenvalue weighted by atomic mass is 10.1. The number of hydrogen-bond acceptors (Lipinski definition) is 2. The summed E-state index contributed by atoms with van der Waals surface area (Å²) in [7, 11) is 0. The van der Waals surface area contributed by atoms with Crippen LogP contribution in [0.4, 0.5) is 13.2 Å². The number of hydrogen-bond donors (Lipinski definition) is 0. The molecule has 1 atom stereocenters. The van der Waals surface area contributed by atoms with Crippen LogP contribution in [0.1, 0.15) is 40.0 Å². The average Bonchev–Trinajstić information content (AvgIpc) is 2.82. The summed E-state index contributed by atoms with van der Waals surface area (Å²) in [6.45, 7) is 4.14. The molecule has 1 aliphatic heterocycles. The first kappa shape index (κ1) is 17.6. The topological polar surface area (TPSA) is 29.5 Å². The van der Waals surface area contributed by atoms with Gasteiger partial charge < -0.3 is 9.64 Å². The first-order chi connectivity index (χ1) is 11.7. The zero-order valence-corrected chi connectivity index (χ0v) is 14.3. The number of fused-ring (bicyclic) bond motifs is 1. The average molecular weight is 370 g/mol. The Bertz CT molecular complexity index is 818. The summed E-state index contributed by atoms with van der Waals surface area (Å²) in [5.41, 5.74) is 3.04. The number of carbonyl (C=O) groups excluding carboxylic acids is 1. The zero-order valence-electron chi connectivity index (χ0n) is 13.5. The fourth-order valence-corrected chi connectivity index (χ4v) is 3.39. The van der Waals surface area contributed by atoms with Crippen molar-refractivity contribution in [3.63, 3.8) is 0 Å². The molecule has 2 aromatic carbocycles. The van der Waals surface area contributed by atoms with E-state index in [1.165, 1.54) is 24.3 Å². The van der Waals surface area contributed by atoms with E-state index in [0.29, 0.717) is 22.7 Å². The van der Waals surface area contributed by atoms with Crippen molar-refractivity contribution in [2.24, 2.45) is 0 Å². The molecule has 3 rings (SSSR count). The van der Waals surface area contributed by atoms with Crippen LogP contribution >= 0.6 is 11.6 Å². The molecule has 0 spiro atoms. The van der Waals surface area contributed by atoms with Crippen molar-refractivity contribution in [2.45, 2.75) is 32.8 Å². The third kappa shape index (κ3) is 3.58. The second-order valence-electron chi connectivity index (χ2n) is 6.01. The van der Waals surface area contributed by atoms with E-state index in [1.54, 1.807) is 11.0 Å². The molecule has 0 saturated heterocycles. The minimum Gasteiger partial charge on any atom is -0.406 e. The summed E-state index contributed by atoms with van der Waals surface area (Å²) in [6, 6.07) is 8.89. The maximum absolute atomic E-state index is 12.7. The molecule has 0 aliphatic carbocycles. The zero-order chi connectivity index (χ0) is 18.4. The first-order valence-electron chi connectivity index (χ1n) is 7.61. The van der Waals surface area contributed by atoms with Crippen LogP contribution in [0.3, 0.4) is 0 Å². The molecule has 1 aliphatic rings. The van der Waals surface area contributed by atoms with Crippen LogP contribution in [-0.4, -0.2) is 17.2 Å². The Kier molecular flexibility index (Phi) is 4.41. The van der Waals surface area contributed by atoms with E-state index >= 15 is 0 Å². The molecule has 0 N–H and O–H groups in total. The lowest BCUT2D eigenvalue weighted by Gasteiger charge is -2.25. The molecular weight excluding hydrogens is 355 g/mol. The van der Waals surface area contributed by atoms with E-state index in [-0.39, 0.29) is 17.7 Å². The van der Waals surface area contributed by atoms with Crippen LogP contribution in [0, 0.1) is 6.92 Å². The number of benzene rings is 2. The van der Waals surface area contributed by atoms with E-state index in [0.717, 1.165) is 11.1 Å². The molecule has 3 nitrogen and oxygen atoms in total. The van der Waals surface area contributed by atoms with Gasteiger partial charge in [0, 0.05) is 6.54 Å². The van der Waals surface area contributed by atoms with Gasteiger partial charge in [-0.3, -0.25) is 4.79 Å². The Morgan fingerprint density at radius 1 is 1.20 bits per heavy atom. The molecule has 132 valence electrons. The fraction of sp³-hybridized carbons (Fsp3) is 0.278. The van der Waals surface area contributed by atoms with Crippen LogP contribution in [0.25, 0.3) is 0 Å². The number of alkyl halides is 3. The minimum absolute atomic E-state index is 0.178. The van der Waals surface area contributed by atoms with Gasteiger partial charge >= 0.3 is 6.36 Å². The molecular formula is C18H15ClF3NO2. The van der Waals surface area contributed by atoms with E-state index in [1.807, 2.05) is 19.9 Å². The second kappa shape index (κ2) is 6.26. The summed E-state index contributed by atoms with van der Waals surface area (Å²) in [6.07, 6.45) is -4.73. The molecule has 1 amide bonds. The number of aryl methyl sites for hydroxylation is 1. The molecule has 0 fully saturated rings. The van der Waals surface area contributed by atoms with E-state index in [4.69, 9.17) is 11.6 Å². The van der Waals surface area contributed by atoms with Crippen LogP contribution in [-0.2, 0) is 6.54 Å². The van der Waals surface area contributed by atoms with Crippen LogP contribution in [0.2, 0.25) is 5.02 Å². The SMILES string of the molecule is Cc1cc(Cl)c2c(c1)CN(C(C)c1ccc(OC(F)(F)F)cc1)C2=O. The lowest BCUT2D eigenvalue weighted by molar-refractivity contribution is -0.274. The number of carbonyl (C=O) groups is 1. The molecule has 0 aromatic heterocycles. The van der Waals surface area contributed by atoms with Gasteiger partial charge in [-0.1, -0.05) is 29.8 Å². The highest BCUT2D eigenvalue weighted by Crippen LogP contribution is 2.36. The highest BCUT2D eigenvalue weighted by molar-refractivity contribution is 6.34. The summed E-state index contributed by atoms with van der Waals surface area (Å²) >= 11 is 6.20. The lowest BCUT2D eigenvalue weighted by Crippen LogP contribution is -2.27. The summed E-state index contributed by atoms with van der Waals surface area (Å²) in [4.78, 5) is 14.3. The van der Waals surface area contributed by atoms with Crippen LogP contribution < -0.4 is 4.74 Å². The van der Waals surface area contributed by atoms with Gasteiger partial charge in [0.2, 0.25) is 0 Å². The largest absolute Gasteiger partial charge is 0.573 e. The fourth-order valence-electron chi connectivity index (χ4n) is 3.02. The monoisotopic (exact) mass is 369 g/mol. The first-order valence-corrected chi connectivity index (χ1v) is 7.99. The number of nitrogens with zero attached hydrogens (tertiary/aromatic N) is 1. The summed E-state index contributed by atoms with van der Waals surface area (Å²) in [5.74, 6) is -0.471. The Morgan fingerprint density at radius 3 is 2.44 bits per heavy atom. The highest BCUT2D eigenvalue weighted by Gasteiger charge is 2.34. The van der Waals surface area contributed by atoms with Crippen LogP contribution in [0.5, 0.6) is 5.75 Å². The maximum Gasteiger partial charge on any atom is 0.573 e. The Balaban J connectivity index is 1.81. The number of halogens is 4. The van der Waals surface area contributed by atoms with Gasteiger partial charge in [0.15, 0.2) is 0 Å². The number of amides is 1. The molecule has 0 bridgehead atoms. The molecule has 0 radical (unpaired) electrons. The molecule has 1 heterocycles. The predicted molar refractivity (Wildman–Crippen MR) is 87.6 cm³/mol. The third-order valence-electron chi connectivity index (χ3n) is 4.20. The number of ether oxygens (including phenoxy) is 1. The maximum atomic E-state index is 12.7. The van der Waals surface area contributed by atoms with Crippen molar-refractivity contribution in [1.82, 2.24) is 4.90 Å². The Hall–Kier alpha value is -2.21. The standard InChI is InChI=1S/C18H15ClF3NO2/c1-10-7-13-9-23(17(24)16(13)15(19)8-10)11(2)12-3-5-14(6-4-12)25-18(20,21)22/h3-8,11H,9H2,1-2H3. The van der Waals surface area contributed by atoms with Crippen molar-refractivity contribution < 1.29 is 22.7 Å². The second-order valence-corrected chi connectivity index (χ2v) is 6.41. The molecule has 25 heavy (non-hydrogen) atoms. The van der Waals surface area contributed by atoms with Crippen molar-refractivity contribution in [3.05, 3.63) is 63.7 Å². The van der Waals surface area contributed by atoms with E-state index in [9.17, 15) is 18.0 Å². The summed E-state index contributed by atoms with van der Waals surface area (Å²) in [5, 5.41) is 0.420. The Morgan fingerprint density at radius 2 is 1.84 bits per heavy atom. The Labute approximate surface area is 148 Å². The minimum atomic E-state index is -4.73. The molecule has 7 heteroatoms. The van der Waals surface area contributed by atoms with Crippen molar-refractivity contribution in [3.8, 4) is 5.75 Å². The van der Waals surface area contributed by atoms with Gasteiger partial charge in [0.05, 0.1) is 16.6 Å². The van der Waals surface area contributed by atoms with E-state index < -0.39 is 6.36 Å². The van der Waals surface area contributed by atoms with Gasteiger partial charge in [-0.25, -0.2) is 0 Å². The predicted octanol–water partition coefficient (Wildman–Crippen LogP) is 5.26. The van der Waals surface area contributed by atoms with Gasteiger partial charge in [-0.2, -0.15) is 0 Å². The van der Waals surface area contributed by atoms with E-state index in [2.05, 4.69) is 4.74 Å². The summed E-state index contributed by atoms with van der Waals surface area (Å²) < 4.78 is 40.6. The number of rotatable bonds is 3. The quantitative estimate of drug-likeness (QED) is 0.738.